The number of hydrogen-bond acceptors (Lipinski definition) is 3. The number of alkyl halides is 3. The van der Waals surface area contributed by atoms with Crippen LogP contribution in [0.25, 0.3) is 0 Å². The predicted octanol–water partition coefficient (Wildman–Crippen LogP) is 3.60. The molecule has 0 heterocycles. The number of ether oxygens (including phenoxy) is 1. The van der Waals surface area contributed by atoms with Crippen LogP contribution < -0.4 is 4.74 Å². The fraction of sp³-hybridized carbons (Fsp3) is 0.250. The maximum Gasteiger partial charge on any atom is 0.573 e. The molecule has 0 atom stereocenters. The Bertz CT molecular complexity index is 325. The summed E-state index contributed by atoms with van der Waals surface area (Å²) in [6, 6.07) is 4.01. The van der Waals surface area contributed by atoms with Crippen molar-refractivity contribution in [2.75, 3.05) is 6.26 Å². The largest absolute Gasteiger partial charge is 0.573 e. The van der Waals surface area contributed by atoms with Gasteiger partial charge in [-0.05, 0) is 24.5 Å². The second-order valence-electron chi connectivity index (χ2n) is 2.38. The molecule has 0 bridgehead atoms. The highest BCUT2D eigenvalue weighted by Crippen LogP contribution is 2.30. The molecule has 0 radical (unpaired) electrons. The van der Waals surface area contributed by atoms with Crippen molar-refractivity contribution in [2.45, 2.75) is 16.2 Å². The summed E-state index contributed by atoms with van der Waals surface area (Å²) in [4.78, 5) is 1.28. The number of hydrogen-bond donors (Lipinski definition) is 1. The van der Waals surface area contributed by atoms with Crippen LogP contribution in [-0.2, 0) is 0 Å². The lowest BCUT2D eigenvalue weighted by atomic mass is 10.3. The van der Waals surface area contributed by atoms with Crippen LogP contribution in [0.5, 0.6) is 5.75 Å². The second kappa shape index (κ2) is 4.35. The van der Waals surface area contributed by atoms with Crippen LogP contribution in [0.4, 0.5) is 13.2 Å². The Labute approximate surface area is 89.0 Å². The Morgan fingerprint density at radius 1 is 1.36 bits per heavy atom. The van der Waals surface area contributed by atoms with Gasteiger partial charge in [0, 0.05) is 9.79 Å². The molecule has 0 amide bonds. The molecule has 0 saturated carbocycles. The molecule has 78 valence electrons. The Balaban J connectivity index is 2.90. The van der Waals surface area contributed by atoms with Crippen LogP contribution in [0.3, 0.4) is 0 Å². The van der Waals surface area contributed by atoms with E-state index in [4.69, 9.17) is 0 Å². The summed E-state index contributed by atoms with van der Waals surface area (Å²) in [7, 11) is 0. The molecule has 1 nitrogen and oxygen atoms in total. The minimum Gasteiger partial charge on any atom is -0.406 e. The minimum absolute atomic E-state index is 0.223. The molecule has 0 aliphatic carbocycles. The van der Waals surface area contributed by atoms with Gasteiger partial charge in [0.2, 0.25) is 0 Å². The first-order valence-electron chi connectivity index (χ1n) is 3.55. The third-order valence-corrected chi connectivity index (χ3v) is 2.70. The lowest BCUT2D eigenvalue weighted by molar-refractivity contribution is -0.274. The molecule has 0 aromatic heterocycles. The van der Waals surface area contributed by atoms with Crippen LogP contribution in [0.2, 0.25) is 0 Å². The molecule has 0 unspecified atom stereocenters. The van der Waals surface area contributed by atoms with Gasteiger partial charge in [0.25, 0.3) is 0 Å². The van der Waals surface area contributed by atoms with Gasteiger partial charge in [0.1, 0.15) is 5.75 Å². The van der Waals surface area contributed by atoms with E-state index in [-0.39, 0.29) is 5.75 Å². The summed E-state index contributed by atoms with van der Waals surface area (Å²) in [6.07, 6.45) is -2.89. The van der Waals surface area contributed by atoms with Gasteiger partial charge in [-0.3, -0.25) is 0 Å². The summed E-state index contributed by atoms with van der Waals surface area (Å²) in [5.74, 6) is -0.223. The Hall–Kier alpha value is -0.490. The molecular formula is C8H7F3OS2. The topological polar surface area (TPSA) is 9.23 Å². The van der Waals surface area contributed by atoms with E-state index in [0.29, 0.717) is 9.79 Å². The molecule has 0 fully saturated rings. The number of halogens is 3. The average molecular weight is 240 g/mol. The molecule has 1 aromatic carbocycles. The lowest BCUT2D eigenvalue weighted by Gasteiger charge is -2.10. The summed E-state index contributed by atoms with van der Waals surface area (Å²) < 4.78 is 39.2. The quantitative estimate of drug-likeness (QED) is 0.624. The molecule has 14 heavy (non-hydrogen) atoms. The van der Waals surface area contributed by atoms with E-state index in [1.807, 2.05) is 0 Å². The van der Waals surface area contributed by atoms with Crippen molar-refractivity contribution in [2.24, 2.45) is 0 Å². The first kappa shape index (κ1) is 11.6. The summed E-state index contributed by atoms with van der Waals surface area (Å²) in [6.45, 7) is 0. The third kappa shape index (κ3) is 3.34. The van der Waals surface area contributed by atoms with E-state index >= 15 is 0 Å². The molecule has 6 heteroatoms. The van der Waals surface area contributed by atoms with Crippen LogP contribution in [0, 0.1) is 0 Å². The van der Waals surface area contributed by atoms with E-state index in [9.17, 15) is 13.2 Å². The van der Waals surface area contributed by atoms with Gasteiger partial charge in [-0.25, -0.2) is 0 Å². The van der Waals surface area contributed by atoms with Gasteiger partial charge in [0.15, 0.2) is 0 Å². The van der Waals surface area contributed by atoms with Gasteiger partial charge in [0.05, 0.1) is 0 Å². The predicted molar refractivity (Wildman–Crippen MR) is 52.2 cm³/mol. The Kier molecular flexibility index (Phi) is 3.60. The molecule has 0 saturated heterocycles. The molecular weight excluding hydrogens is 233 g/mol. The summed E-state index contributed by atoms with van der Waals surface area (Å²) in [5, 5.41) is 0. The zero-order chi connectivity index (χ0) is 10.8. The second-order valence-corrected chi connectivity index (χ2v) is 3.71. The van der Waals surface area contributed by atoms with E-state index in [1.165, 1.54) is 30.0 Å². The van der Waals surface area contributed by atoms with Gasteiger partial charge < -0.3 is 4.74 Å². The van der Waals surface area contributed by atoms with Gasteiger partial charge in [-0.15, -0.1) is 37.6 Å². The van der Waals surface area contributed by atoms with Crippen molar-refractivity contribution in [3.8, 4) is 5.75 Å². The normalized spacial score (nSPS) is 11.5. The van der Waals surface area contributed by atoms with Crippen molar-refractivity contribution in [1.82, 2.24) is 0 Å². The molecule has 0 aliphatic rings. The minimum atomic E-state index is -4.65. The van der Waals surface area contributed by atoms with Crippen LogP contribution in [0.1, 0.15) is 0 Å². The average Bonchev–Trinajstić information content (AvgIpc) is 2.06. The van der Waals surface area contributed by atoms with Crippen molar-refractivity contribution >= 4 is 24.4 Å². The van der Waals surface area contributed by atoms with E-state index in [2.05, 4.69) is 17.4 Å². The van der Waals surface area contributed by atoms with Gasteiger partial charge in [-0.1, -0.05) is 0 Å². The molecule has 1 aromatic rings. The van der Waals surface area contributed by atoms with Crippen molar-refractivity contribution in [3.63, 3.8) is 0 Å². The lowest BCUT2D eigenvalue weighted by Crippen LogP contribution is -2.17. The van der Waals surface area contributed by atoms with Crippen LogP contribution in [0.15, 0.2) is 28.0 Å². The van der Waals surface area contributed by atoms with Crippen molar-refractivity contribution in [3.05, 3.63) is 18.2 Å². The van der Waals surface area contributed by atoms with Crippen LogP contribution in [-0.4, -0.2) is 12.6 Å². The highest BCUT2D eigenvalue weighted by atomic mass is 32.2. The van der Waals surface area contributed by atoms with Gasteiger partial charge >= 0.3 is 6.36 Å². The Morgan fingerprint density at radius 2 is 2.00 bits per heavy atom. The van der Waals surface area contributed by atoms with Gasteiger partial charge in [-0.2, -0.15) is 0 Å². The fourth-order valence-corrected chi connectivity index (χ4v) is 1.78. The molecule has 1 rings (SSSR count). The summed E-state index contributed by atoms with van der Waals surface area (Å²) in [5.41, 5.74) is 0. The van der Waals surface area contributed by atoms with E-state index < -0.39 is 6.36 Å². The van der Waals surface area contributed by atoms with Crippen molar-refractivity contribution in [1.29, 1.82) is 0 Å². The maximum atomic E-state index is 11.8. The first-order chi connectivity index (χ1) is 6.42. The van der Waals surface area contributed by atoms with Crippen molar-refractivity contribution < 1.29 is 17.9 Å². The molecule has 0 aliphatic heterocycles. The zero-order valence-electron chi connectivity index (χ0n) is 7.13. The van der Waals surface area contributed by atoms with Crippen LogP contribution >= 0.6 is 24.4 Å². The monoisotopic (exact) mass is 240 g/mol. The zero-order valence-corrected chi connectivity index (χ0v) is 8.84. The smallest absolute Gasteiger partial charge is 0.406 e. The summed E-state index contributed by atoms with van der Waals surface area (Å²) >= 11 is 5.39. The Morgan fingerprint density at radius 3 is 2.50 bits per heavy atom. The number of thioether (sulfide) groups is 1. The van der Waals surface area contributed by atoms with E-state index in [1.54, 1.807) is 6.26 Å². The maximum absolute atomic E-state index is 11.8. The third-order valence-electron chi connectivity index (χ3n) is 1.38. The van der Waals surface area contributed by atoms with E-state index in [0.717, 1.165) is 0 Å². The highest BCUT2D eigenvalue weighted by Gasteiger charge is 2.31. The molecule has 0 spiro atoms. The SMILES string of the molecule is CSc1cc(OC(F)(F)F)ccc1S. The highest BCUT2D eigenvalue weighted by molar-refractivity contribution is 7.99. The number of rotatable bonds is 2. The number of benzene rings is 1. The number of thiol groups is 1. The standard InChI is InChI=1S/C8H7F3OS2/c1-14-7-4-5(2-3-6(7)13)12-8(9,10)11/h2-4,13H,1H3. The first-order valence-corrected chi connectivity index (χ1v) is 5.22. The molecule has 0 N–H and O–H groups in total. The fourth-order valence-electron chi connectivity index (χ4n) is 0.855.